The van der Waals surface area contributed by atoms with Crippen LogP contribution in [0.4, 0.5) is 5.69 Å². The molecule has 1 aliphatic rings. The lowest BCUT2D eigenvalue weighted by molar-refractivity contribution is -0.117. The van der Waals surface area contributed by atoms with E-state index in [-0.39, 0.29) is 24.7 Å². The second kappa shape index (κ2) is 7.29. The lowest BCUT2D eigenvalue weighted by Crippen LogP contribution is -2.36. The first-order valence-corrected chi connectivity index (χ1v) is 10.2. The Labute approximate surface area is 153 Å². The van der Waals surface area contributed by atoms with E-state index in [4.69, 9.17) is 4.74 Å². The third kappa shape index (κ3) is 3.94. The fourth-order valence-electron chi connectivity index (χ4n) is 2.86. The molecule has 3 rings (SSSR count). The fraction of sp³-hybridized carbons (Fsp3) is 0.263. The van der Waals surface area contributed by atoms with Crippen LogP contribution >= 0.6 is 0 Å². The molecule has 0 aromatic heterocycles. The van der Waals surface area contributed by atoms with E-state index in [1.165, 1.54) is 4.90 Å². The molecule has 136 valence electrons. The first-order valence-electron chi connectivity index (χ1n) is 8.15. The van der Waals surface area contributed by atoms with Gasteiger partial charge in [-0.2, -0.15) is 0 Å². The lowest BCUT2D eigenvalue weighted by Gasteiger charge is -2.23. The topological polar surface area (TPSA) is 76.0 Å². The largest absolute Gasteiger partial charge is 0.497 e. The normalized spacial score (nSPS) is 14.5. The van der Waals surface area contributed by atoms with Crippen LogP contribution in [0.15, 0.2) is 53.5 Å². The van der Waals surface area contributed by atoms with E-state index in [1.807, 2.05) is 36.4 Å². The standard InChI is InChI=1S/C19H20N2O4S/c1-25-15-8-9-17-16(12-15)19(14-6-4-3-5-7-14)20-13-18(22)21(17)10-11-26(2,23)24/h3-9,12H,10-11,13H2,1-2H3. The van der Waals surface area contributed by atoms with Crippen LogP contribution in [-0.2, 0) is 14.6 Å². The number of methoxy groups -OCH3 is 1. The van der Waals surface area contributed by atoms with Gasteiger partial charge < -0.3 is 9.64 Å². The summed E-state index contributed by atoms with van der Waals surface area (Å²) < 4.78 is 28.5. The Morgan fingerprint density at radius 1 is 1.15 bits per heavy atom. The van der Waals surface area contributed by atoms with Crippen molar-refractivity contribution >= 4 is 27.1 Å². The quantitative estimate of drug-likeness (QED) is 0.804. The zero-order valence-electron chi connectivity index (χ0n) is 14.7. The second-order valence-electron chi connectivity index (χ2n) is 6.09. The predicted molar refractivity (Wildman–Crippen MR) is 102 cm³/mol. The predicted octanol–water partition coefficient (Wildman–Crippen LogP) is 1.92. The maximum absolute atomic E-state index is 12.6. The zero-order chi connectivity index (χ0) is 18.7. The molecule has 0 radical (unpaired) electrons. The number of benzene rings is 2. The van der Waals surface area contributed by atoms with E-state index in [2.05, 4.69) is 4.99 Å². The van der Waals surface area contributed by atoms with Crippen LogP contribution in [0.2, 0.25) is 0 Å². The molecule has 0 aliphatic carbocycles. The van der Waals surface area contributed by atoms with Gasteiger partial charge in [-0.3, -0.25) is 9.79 Å². The minimum Gasteiger partial charge on any atom is -0.497 e. The van der Waals surface area contributed by atoms with Crippen LogP contribution in [0.5, 0.6) is 5.75 Å². The van der Waals surface area contributed by atoms with Gasteiger partial charge in [0.2, 0.25) is 5.91 Å². The van der Waals surface area contributed by atoms with Gasteiger partial charge in [-0.25, -0.2) is 8.42 Å². The average Bonchev–Trinajstić information content (AvgIpc) is 2.75. The molecule has 0 saturated heterocycles. The van der Waals surface area contributed by atoms with E-state index < -0.39 is 9.84 Å². The molecule has 2 aromatic carbocycles. The molecule has 0 spiro atoms. The van der Waals surface area contributed by atoms with Gasteiger partial charge in [0.25, 0.3) is 0 Å². The number of hydrogen-bond donors (Lipinski definition) is 0. The van der Waals surface area contributed by atoms with Crippen LogP contribution in [0.3, 0.4) is 0 Å². The second-order valence-corrected chi connectivity index (χ2v) is 8.35. The molecular formula is C19H20N2O4S. The van der Waals surface area contributed by atoms with Crippen molar-refractivity contribution in [2.45, 2.75) is 0 Å². The molecule has 7 heteroatoms. The Morgan fingerprint density at radius 2 is 1.88 bits per heavy atom. The summed E-state index contributed by atoms with van der Waals surface area (Å²) in [4.78, 5) is 18.6. The monoisotopic (exact) mass is 372 g/mol. The van der Waals surface area contributed by atoms with Crippen molar-refractivity contribution in [2.24, 2.45) is 4.99 Å². The summed E-state index contributed by atoms with van der Waals surface area (Å²) in [7, 11) is -1.62. The highest BCUT2D eigenvalue weighted by molar-refractivity contribution is 7.90. The zero-order valence-corrected chi connectivity index (χ0v) is 15.5. The van der Waals surface area contributed by atoms with Crippen molar-refractivity contribution in [3.8, 4) is 5.75 Å². The first kappa shape index (κ1) is 18.1. The third-order valence-corrected chi connectivity index (χ3v) is 5.08. The number of amides is 1. The Kier molecular flexibility index (Phi) is 5.08. The molecule has 0 bridgehead atoms. The smallest absolute Gasteiger partial charge is 0.248 e. The molecule has 1 aliphatic heterocycles. The number of carbonyl (C=O) groups excluding carboxylic acids is 1. The first-order chi connectivity index (χ1) is 12.4. The Bertz CT molecular complexity index is 953. The van der Waals surface area contributed by atoms with Gasteiger partial charge in [0.1, 0.15) is 22.1 Å². The van der Waals surface area contributed by atoms with Crippen molar-refractivity contribution in [3.05, 3.63) is 59.7 Å². The molecule has 0 unspecified atom stereocenters. The van der Waals surface area contributed by atoms with Gasteiger partial charge in [-0.1, -0.05) is 30.3 Å². The van der Waals surface area contributed by atoms with E-state index in [0.717, 1.165) is 17.4 Å². The number of sulfone groups is 1. The summed E-state index contributed by atoms with van der Waals surface area (Å²) in [6.45, 7) is 0.0551. The summed E-state index contributed by atoms with van der Waals surface area (Å²) in [5, 5.41) is 0. The number of benzodiazepines with no additional fused rings is 1. The molecule has 0 fully saturated rings. The minimum atomic E-state index is -3.20. The molecule has 0 atom stereocenters. The van der Waals surface area contributed by atoms with Crippen molar-refractivity contribution in [2.75, 3.05) is 37.1 Å². The maximum atomic E-state index is 12.6. The van der Waals surface area contributed by atoms with Gasteiger partial charge in [0, 0.05) is 23.9 Å². The molecule has 0 saturated carbocycles. The number of aliphatic imine (C=N–C) groups is 1. The molecule has 26 heavy (non-hydrogen) atoms. The average molecular weight is 372 g/mol. The van der Waals surface area contributed by atoms with Crippen molar-refractivity contribution < 1.29 is 17.9 Å². The molecule has 0 N–H and O–H groups in total. The van der Waals surface area contributed by atoms with Gasteiger partial charge in [0.05, 0.1) is 24.3 Å². The Balaban J connectivity index is 2.11. The fourth-order valence-corrected chi connectivity index (χ4v) is 3.38. The minimum absolute atomic E-state index is 0.0367. The number of rotatable bonds is 5. The Hall–Kier alpha value is -2.67. The molecule has 1 amide bonds. The third-order valence-electron chi connectivity index (χ3n) is 4.16. The Morgan fingerprint density at radius 3 is 2.54 bits per heavy atom. The van der Waals surface area contributed by atoms with Crippen LogP contribution < -0.4 is 9.64 Å². The molecular weight excluding hydrogens is 352 g/mol. The van der Waals surface area contributed by atoms with Crippen molar-refractivity contribution in [1.29, 1.82) is 0 Å². The summed E-state index contributed by atoms with van der Waals surface area (Å²) in [6.07, 6.45) is 1.16. The van der Waals surface area contributed by atoms with Crippen molar-refractivity contribution in [1.82, 2.24) is 0 Å². The highest BCUT2D eigenvalue weighted by atomic mass is 32.2. The van der Waals surface area contributed by atoms with Crippen molar-refractivity contribution in [3.63, 3.8) is 0 Å². The van der Waals surface area contributed by atoms with Gasteiger partial charge >= 0.3 is 0 Å². The lowest BCUT2D eigenvalue weighted by atomic mass is 10.00. The maximum Gasteiger partial charge on any atom is 0.248 e. The number of nitrogens with zero attached hydrogens (tertiary/aromatic N) is 2. The summed E-state index contributed by atoms with van der Waals surface area (Å²) >= 11 is 0. The van der Waals surface area contributed by atoms with Gasteiger partial charge in [0.15, 0.2) is 0 Å². The van der Waals surface area contributed by atoms with E-state index >= 15 is 0 Å². The molecule has 2 aromatic rings. The summed E-state index contributed by atoms with van der Waals surface area (Å²) in [5.41, 5.74) is 2.96. The van der Waals surface area contributed by atoms with Gasteiger partial charge in [-0.05, 0) is 18.2 Å². The number of carbonyl (C=O) groups is 1. The van der Waals surface area contributed by atoms with E-state index in [0.29, 0.717) is 17.1 Å². The van der Waals surface area contributed by atoms with E-state index in [9.17, 15) is 13.2 Å². The van der Waals surface area contributed by atoms with Crippen LogP contribution in [0.25, 0.3) is 0 Å². The number of ether oxygens (including phenoxy) is 1. The van der Waals surface area contributed by atoms with Crippen LogP contribution in [0.1, 0.15) is 11.1 Å². The highest BCUT2D eigenvalue weighted by Gasteiger charge is 2.26. The summed E-state index contributed by atoms with van der Waals surface area (Å²) in [6, 6.07) is 14.9. The van der Waals surface area contributed by atoms with E-state index in [1.54, 1.807) is 19.2 Å². The van der Waals surface area contributed by atoms with Gasteiger partial charge in [-0.15, -0.1) is 0 Å². The number of hydrogen-bond acceptors (Lipinski definition) is 5. The SMILES string of the molecule is COc1ccc2c(c1)C(c1ccccc1)=NCC(=O)N2CCS(C)(=O)=O. The summed E-state index contributed by atoms with van der Waals surface area (Å²) in [5.74, 6) is 0.306. The number of anilines is 1. The highest BCUT2D eigenvalue weighted by Crippen LogP contribution is 2.30. The van der Waals surface area contributed by atoms with Crippen LogP contribution in [0, 0.1) is 0 Å². The molecule has 1 heterocycles. The molecule has 6 nitrogen and oxygen atoms in total. The number of fused-ring (bicyclic) bond motifs is 1. The van der Waals surface area contributed by atoms with Crippen LogP contribution in [-0.4, -0.2) is 52.2 Å².